The second kappa shape index (κ2) is 6.75. The van der Waals surface area contributed by atoms with Gasteiger partial charge in [0.25, 0.3) is 0 Å². The van der Waals surface area contributed by atoms with Gasteiger partial charge in [0.05, 0.1) is 22.7 Å². The number of para-hydroxylation sites is 1. The molecular weight excluding hydrogens is 382 g/mol. The zero-order chi connectivity index (χ0) is 18.0. The molecule has 0 aliphatic carbocycles. The normalized spacial score (nSPS) is 22.3. The number of nitrogens with two attached hydrogens (primary N) is 2. The lowest BCUT2D eigenvalue weighted by Gasteiger charge is -2.38. The second-order valence-corrected chi connectivity index (χ2v) is 6.89. The summed E-state index contributed by atoms with van der Waals surface area (Å²) in [6, 6.07) is 14.9. The number of halogens is 1. The van der Waals surface area contributed by atoms with Gasteiger partial charge in [-0.1, -0.05) is 12.1 Å². The largest absolute Gasteiger partial charge is 0.503 e. The van der Waals surface area contributed by atoms with Gasteiger partial charge in [0.2, 0.25) is 0 Å². The van der Waals surface area contributed by atoms with Crippen molar-refractivity contribution in [1.82, 2.24) is 4.48 Å². The summed E-state index contributed by atoms with van der Waals surface area (Å²) in [7, 11) is 0. The third-order valence-corrected chi connectivity index (χ3v) is 5.27. The third kappa shape index (κ3) is 2.95. The van der Waals surface area contributed by atoms with Gasteiger partial charge in [-0.2, -0.15) is 10.3 Å². The Hall–Kier alpha value is -2.56. The van der Waals surface area contributed by atoms with E-state index in [1.807, 2.05) is 30.3 Å². The van der Waals surface area contributed by atoms with Crippen molar-refractivity contribution < 1.29 is 5.11 Å². The Morgan fingerprint density at radius 3 is 2.64 bits per heavy atom. The predicted molar refractivity (Wildman–Crippen MR) is 102 cm³/mol. The minimum Gasteiger partial charge on any atom is -0.503 e. The molecule has 2 aromatic carbocycles. The maximum atomic E-state index is 10.7. The van der Waals surface area contributed by atoms with Crippen LogP contribution in [0.5, 0.6) is 5.75 Å². The lowest BCUT2D eigenvalue weighted by atomic mass is 10.1. The quantitative estimate of drug-likeness (QED) is 0.417. The fraction of sp³-hybridized carbons (Fsp3) is 0.222. The Bertz CT molecular complexity index is 872. The molecular formula is C18H19BrN5O+. The van der Waals surface area contributed by atoms with Crippen LogP contribution in [0.3, 0.4) is 0 Å². The first kappa shape index (κ1) is 17.3. The number of quaternary nitrogens is 1. The highest BCUT2D eigenvalue weighted by molar-refractivity contribution is 9.10. The lowest BCUT2D eigenvalue weighted by molar-refractivity contribution is 0.347. The molecule has 1 saturated heterocycles. The molecule has 2 aromatic rings. The van der Waals surface area contributed by atoms with E-state index in [1.165, 1.54) is 6.07 Å². The van der Waals surface area contributed by atoms with Crippen molar-refractivity contribution in [1.29, 1.82) is 5.26 Å². The zero-order valence-electron chi connectivity index (χ0n) is 13.6. The summed E-state index contributed by atoms with van der Waals surface area (Å²) < 4.78 is 1.22. The van der Waals surface area contributed by atoms with Crippen LogP contribution in [-0.4, -0.2) is 23.8 Å². The third-order valence-electron chi connectivity index (χ3n) is 4.60. The van der Waals surface area contributed by atoms with E-state index in [-0.39, 0.29) is 17.9 Å². The molecule has 3 rings (SSSR count). The number of benzene rings is 2. The van der Waals surface area contributed by atoms with Gasteiger partial charge in [-0.25, -0.2) is 4.48 Å². The summed E-state index contributed by atoms with van der Waals surface area (Å²) in [4.78, 5) is 4.46. The first-order valence-corrected chi connectivity index (χ1v) is 8.73. The summed E-state index contributed by atoms with van der Waals surface area (Å²) in [5, 5.41) is 19.7. The van der Waals surface area contributed by atoms with Gasteiger partial charge in [0, 0.05) is 31.0 Å². The van der Waals surface area contributed by atoms with Crippen LogP contribution in [-0.2, 0) is 0 Å². The minimum atomic E-state index is -0.248. The molecule has 128 valence electrons. The van der Waals surface area contributed by atoms with E-state index in [4.69, 9.17) is 16.7 Å². The van der Waals surface area contributed by atoms with Crippen molar-refractivity contribution in [3.63, 3.8) is 0 Å². The highest BCUT2D eigenvalue weighted by atomic mass is 79.9. The van der Waals surface area contributed by atoms with E-state index < -0.39 is 0 Å². The van der Waals surface area contributed by atoms with Gasteiger partial charge in [-0.05, 0) is 28.1 Å². The molecule has 25 heavy (non-hydrogen) atoms. The van der Waals surface area contributed by atoms with E-state index >= 15 is 0 Å². The predicted octanol–water partition coefficient (Wildman–Crippen LogP) is 3.06. The Morgan fingerprint density at radius 2 is 2.00 bits per heavy atom. The molecule has 0 radical (unpaired) electrons. The molecule has 6 nitrogen and oxygen atoms in total. The number of phenols is 1. The molecule has 1 heterocycles. The number of hydrogen-bond acceptors (Lipinski definition) is 3. The average molecular weight is 401 g/mol. The number of aromatic hydroxyl groups is 1. The number of nitrogens with zero attached hydrogens (tertiary/aromatic N) is 3. The first-order valence-electron chi connectivity index (χ1n) is 7.94. The van der Waals surface area contributed by atoms with Crippen molar-refractivity contribution in [2.24, 2.45) is 16.5 Å². The SMILES string of the molecule is N#Cc1ccc([N+]2(c3ccccc3Br)CCCC2N=C(N)N)c(O)c1. The Kier molecular flexibility index (Phi) is 4.66. The molecule has 5 N–H and O–H groups in total. The molecule has 2 unspecified atom stereocenters. The Balaban J connectivity index is 2.29. The fourth-order valence-corrected chi connectivity index (χ4v) is 4.23. The highest BCUT2D eigenvalue weighted by Crippen LogP contribution is 2.49. The molecule has 0 spiro atoms. The number of rotatable bonds is 3. The molecule has 0 bridgehead atoms. The van der Waals surface area contributed by atoms with Gasteiger partial charge in [0.15, 0.2) is 29.2 Å². The molecule has 1 aliphatic heterocycles. The van der Waals surface area contributed by atoms with Gasteiger partial charge in [0.1, 0.15) is 0 Å². The van der Waals surface area contributed by atoms with Crippen LogP contribution < -0.4 is 16.0 Å². The monoisotopic (exact) mass is 400 g/mol. The second-order valence-electron chi connectivity index (χ2n) is 6.04. The molecule has 7 heteroatoms. The molecule has 1 fully saturated rings. The first-order chi connectivity index (χ1) is 12.0. The van der Waals surface area contributed by atoms with E-state index in [0.29, 0.717) is 15.7 Å². The van der Waals surface area contributed by atoms with Gasteiger partial charge in [-0.15, -0.1) is 0 Å². The van der Waals surface area contributed by atoms with Crippen molar-refractivity contribution in [3.8, 4) is 11.8 Å². The average Bonchev–Trinajstić information content (AvgIpc) is 2.98. The van der Waals surface area contributed by atoms with E-state index in [1.54, 1.807) is 12.1 Å². The van der Waals surface area contributed by atoms with Gasteiger partial charge >= 0.3 is 0 Å². The number of guanidine groups is 1. The minimum absolute atomic E-state index is 0.0228. The van der Waals surface area contributed by atoms with Crippen LogP contribution in [0.1, 0.15) is 18.4 Å². The number of aliphatic imine (C=N–C) groups is 1. The summed E-state index contributed by atoms with van der Waals surface area (Å²) in [6.07, 6.45) is 1.45. The number of nitriles is 1. The smallest absolute Gasteiger partial charge is 0.196 e. The molecule has 1 aliphatic rings. The molecule has 0 aromatic heterocycles. The standard InChI is InChI=1S/C18H18BrN5O/c19-13-4-1-2-5-14(13)24(9-3-6-17(24)23-18(21)22)15-8-7-12(11-20)10-16(15)25/h1-2,4-5,7-8,10,17H,3,6,9H2,(H4-,21,22,23,25)/p+1. The maximum absolute atomic E-state index is 10.7. The fourth-order valence-electron chi connectivity index (χ4n) is 3.63. The summed E-state index contributed by atoms with van der Waals surface area (Å²) in [6.45, 7) is 0.740. The highest BCUT2D eigenvalue weighted by Gasteiger charge is 2.48. The molecule has 2 atom stereocenters. The van der Waals surface area contributed by atoms with Gasteiger partial charge in [-0.3, -0.25) is 0 Å². The van der Waals surface area contributed by atoms with Crippen molar-refractivity contribution in [2.45, 2.75) is 19.0 Å². The van der Waals surface area contributed by atoms with Crippen LogP contribution in [0.2, 0.25) is 0 Å². The zero-order valence-corrected chi connectivity index (χ0v) is 15.1. The van der Waals surface area contributed by atoms with Crippen LogP contribution >= 0.6 is 15.9 Å². The Morgan fingerprint density at radius 1 is 1.24 bits per heavy atom. The molecule has 0 saturated carbocycles. The lowest BCUT2D eigenvalue weighted by Crippen LogP contribution is -2.49. The van der Waals surface area contributed by atoms with E-state index in [9.17, 15) is 5.11 Å². The van der Waals surface area contributed by atoms with Crippen LogP contribution in [0.4, 0.5) is 11.4 Å². The maximum Gasteiger partial charge on any atom is 0.196 e. The van der Waals surface area contributed by atoms with Crippen LogP contribution in [0.15, 0.2) is 51.9 Å². The van der Waals surface area contributed by atoms with Crippen molar-refractivity contribution in [3.05, 3.63) is 52.5 Å². The summed E-state index contributed by atoms with van der Waals surface area (Å²) >= 11 is 3.62. The van der Waals surface area contributed by atoms with E-state index in [2.05, 4.69) is 20.9 Å². The van der Waals surface area contributed by atoms with Gasteiger partial charge < -0.3 is 16.6 Å². The van der Waals surface area contributed by atoms with Crippen LogP contribution in [0, 0.1) is 11.3 Å². The number of phenolic OH excluding ortho intramolecular Hbond substituents is 1. The van der Waals surface area contributed by atoms with Crippen LogP contribution in [0.25, 0.3) is 0 Å². The topological polar surface area (TPSA) is 108 Å². The summed E-state index contributed by atoms with van der Waals surface area (Å²) in [5.41, 5.74) is 13.4. The summed E-state index contributed by atoms with van der Waals surface area (Å²) in [5.74, 6) is 0.0853. The van der Waals surface area contributed by atoms with Crippen molar-refractivity contribution >= 4 is 33.3 Å². The number of hydrogen-bond donors (Lipinski definition) is 3. The van der Waals surface area contributed by atoms with Crippen molar-refractivity contribution in [2.75, 3.05) is 6.54 Å². The van der Waals surface area contributed by atoms with E-state index in [0.717, 1.165) is 29.5 Å². The Labute approximate surface area is 154 Å². The molecule has 0 amide bonds.